The largest absolute Gasteiger partial charge is 0.344 e. The first kappa shape index (κ1) is 11.5. The predicted octanol–water partition coefficient (Wildman–Crippen LogP) is 3.01. The summed E-state index contributed by atoms with van der Waals surface area (Å²) in [5.41, 5.74) is 4.45. The first-order valence-corrected chi connectivity index (χ1v) is 5.72. The van der Waals surface area contributed by atoms with E-state index in [1.807, 2.05) is 0 Å². The van der Waals surface area contributed by atoms with Gasteiger partial charge in [-0.2, -0.15) is 0 Å². The summed E-state index contributed by atoms with van der Waals surface area (Å²) in [6.45, 7) is 13.6. The van der Waals surface area contributed by atoms with E-state index in [-0.39, 0.29) is 0 Å². The molecule has 0 unspecified atom stereocenters. The topological polar surface area (TPSA) is 12.4 Å². The van der Waals surface area contributed by atoms with Crippen molar-refractivity contribution in [3.63, 3.8) is 0 Å². The Balaban J connectivity index is 3.04. The first-order valence-electron chi connectivity index (χ1n) is 5.72. The number of hydrogen-bond acceptors (Lipinski definition) is 1. The van der Waals surface area contributed by atoms with Crippen LogP contribution in [-0.4, -0.2) is 13.1 Å². The Morgan fingerprint density at radius 3 is 1.79 bits per heavy atom. The summed E-state index contributed by atoms with van der Waals surface area (Å²) in [6, 6.07) is 0. The maximum atomic E-state index is 4.68. The third-order valence-electron chi connectivity index (χ3n) is 2.86. The van der Waals surface area contributed by atoms with E-state index in [0.29, 0.717) is 17.8 Å². The molecule has 0 aliphatic carbocycles. The van der Waals surface area contributed by atoms with Gasteiger partial charge in [0, 0.05) is 5.71 Å². The maximum absolute atomic E-state index is 4.68. The molecule has 1 aliphatic heterocycles. The number of allylic oxidation sites excluding steroid dienone is 2. The SMILES string of the molecule is CC(C)C1=NBC(C(C)C)=C1C(C)C. The molecule has 0 aromatic heterocycles. The molecule has 0 amide bonds. The lowest BCUT2D eigenvalue weighted by atomic mass is 9.73. The molecular weight excluding hydrogens is 169 g/mol. The van der Waals surface area contributed by atoms with Crippen LogP contribution in [0.5, 0.6) is 0 Å². The third kappa shape index (κ3) is 2.10. The van der Waals surface area contributed by atoms with Crippen LogP contribution in [0.3, 0.4) is 0 Å². The minimum atomic E-state index is 0.573. The maximum Gasteiger partial charge on any atom is 0.291 e. The van der Waals surface area contributed by atoms with Crippen molar-refractivity contribution in [2.75, 3.05) is 0 Å². The van der Waals surface area contributed by atoms with Crippen LogP contribution in [0.4, 0.5) is 0 Å². The fraction of sp³-hybridized carbons (Fsp3) is 0.750. The molecule has 1 nitrogen and oxygen atoms in total. The van der Waals surface area contributed by atoms with Gasteiger partial charge in [0.05, 0.1) is 0 Å². The lowest BCUT2D eigenvalue weighted by molar-refractivity contribution is 0.735. The molecule has 14 heavy (non-hydrogen) atoms. The van der Waals surface area contributed by atoms with Gasteiger partial charge in [-0.25, -0.2) is 0 Å². The summed E-state index contributed by atoms with van der Waals surface area (Å²) in [6.07, 6.45) is 0. The summed E-state index contributed by atoms with van der Waals surface area (Å²) in [5.74, 6) is 1.84. The van der Waals surface area contributed by atoms with E-state index in [1.165, 1.54) is 11.3 Å². The Morgan fingerprint density at radius 2 is 1.43 bits per heavy atom. The van der Waals surface area contributed by atoms with Crippen molar-refractivity contribution in [1.29, 1.82) is 0 Å². The van der Waals surface area contributed by atoms with Crippen LogP contribution in [0, 0.1) is 17.8 Å². The molecule has 0 aromatic carbocycles. The molecule has 0 spiro atoms. The van der Waals surface area contributed by atoms with Gasteiger partial charge in [0.25, 0.3) is 7.41 Å². The number of hydrogen-bond donors (Lipinski definition) is 0. The zero-order chi connectivity index (χ0) is 10.9. The predicted molar refractivity (Wildman–Crippen MR) is 66.1 cm³/mol. The fourth-order valence-electron chi connectivity index (χ4n) is 2.16. The first-order chi connectivity index (χ1) is 6.45. The van der Waals surface area contributed by atoms with Gasteiger partial charge in [0.15, 0.2) is 0 Å². The molecule has 1 rings (SSSR count). The van der Waals surface area contributed by atoms with Crippen LogP contribution in [0.25, 0.3) is 0 Å². The summed E-state index contributed by atoms with van der Waals surface area (Å²) >= 11 is 0. The van der Waals surface area contributed by atoms with E-state index >= 15 is 0 Å². The Kier molecular flexibility index (Phi) is 3.57. The minimum Gasteiger partial charge on any atom is -0.344 e. The van der Waals surface area contributed by atoms with Crippen molar-refractivity contribution in [3.05, 3.63) is 11.0 Å². The molecule has 0 radical (unpaired) electrons. The summed E-state index contributed by atoms with van der Waals surface area (Å²) in [4.78, 5) is 4.68. The second-order valence-corrected chi connectivity index (χ2v) is 5.10. The lowest BCUT2D eigenvalue weighted by Crippen LogP contribution is -2.14. The van der Waals surface area contributed by atoms with Crippen LogP contribution < -0.4 is 0 Å². The molecule has 1 heterocycles. The summed E-state index contributed by atoms with van der Waals surface area (Å²) in [7, 11) is 0.943. The molecule has 0 fully saturated rings. The minimum absolute atomic E-state index is 0.573. The van der Waals surface area contributed by atoms with Crippen LogP contribution >= 0.6 is 0 Å². The number of rotatable bonds is 3. The molecule has 0 saturated carbocycles. The standard InChI is InChI=1S/C12H22BN/c1-7(2)10-11(8(3)4)13-14-12(10)9(5)6/h7-9,13H,1-6H3. The van der Waals surface area contributed by atoms with E-state index in [4.69, 9.17) is 0 Å². The molecule has 0 bridgehead atoms. The fourth-order valence-corrected chi connectivity index (χ4v) is 2.16. The van der Waals surface area contributed by atoms with Crippen molar-refractivity contribution in [2.24, 2.45) is 22.7 Å². The Bertz CT molecular complexity index is 272. The van der Waals surface area contributed by atoms with Crippen LogP contribution in [0.15, 0.2) is 15.9 Å². The lowest BCUT2D eigenvalue weighted by Gasteiger charge is -2.18. The zero-order valence-electron chi connectivity index (χ0n) is 10.4. The average Bonchev–Trinajstić information content (AvgIpc) is 2.46. The van der Waals surface area contributed by atoms with Crippen LogP contribution in [-0.2, 0) is 0 Å². The van der Waals surface area contributed by atoms with Crippen molar-refractivity contribution >= 4 is 13.1 Å². The highest BCUT2D eigenvalue weighted by molar-refractivity contribution is 6.51. The molecular formula is C12H22BN. The van der Waals surface area contributed by atoms with Gasteiger partial charge >= 0.3 is 0 Å². The van der Waals surface area contributed by atoms with Gasteiger partial charge in [0.2, 0.25) is 0 Å². The third-order valence-corrected chi connectivity index (χ3v) is 2.86. The van der Waals surface area contributed by atoms with Gasteiger partial charge in [0.1, 0.15) is 0 Å². The normalized spacial score (nSPS) is 17.1. The van der Waals surface area contributed by atoms with E-state index in [9.17, 15) is 0 Å². The van der Waals surface area contributed by atoms with Crippen LogP contribution in [0.1, 0.15) is 41.5 Å². The number of nitrogens with zero attached hydrogens (tertiary/aromatic N) is 1. The quantitative estimate of drug-likeness (QED) is 0.608. The second kappa shape index (κ2) is 4.33. The van der Waals surface area contributed by atoms with E-state index < -0.39 is 0 Å². The Labute approximate surface area is 89.0 Å². The zero-order valence-corrected chi connectivity index (χ0v) is 10.4. The highest BCUT2D eigenvalue weighted by Gasteiger charge is 2.25. The second-order valence-electron chi connectivity index (χ2n) is 5.10. The van der Waals surface area contributed by atoms with Crippen LogP contribution in [0.2, 0.25) is 0 Å². The molecule has 0 saturated heterocycles. The summed E-state index contributed by atoms with van der Waals surface area (Å²) in [5, 5.41) is 0. The van der Waals surface area contributed by atoms with Gasteiger partial charge < -0.3 is 4.90 Å². The monoisotopic (exact) mass is 191 g/mol. The highest BCUT2D eigenvalue weighted by atomic mass is 14.7. The van der Waals surface area contributed by atoms with Crippen molar-refractivity contribution < 1.29 is 0 Å². The smallest absolute Gasteiger partial charge is 0.291 e. The highest BCUT2D eigenvalue weighted by Crippen LogP contribution is 2.29. The molecule has 0 N–H and O–H groups in total. The van der Waals surface area contributed by atoms with E-state index in [0.717, 1.165) is 7.41 Å². The van der Waals surface area contributed by atoms with Gasteiger partial charge in [-0.05, 0) is 23.3 Å². The summed E-state index contributed by atoms with van der Waals surface area (Å²) < 4.78 is 0. The average molecular weight is 191 g/mol. The Morgan fingerprint density at radius 1 is 0.857 bits per heavy atom. The van der Waals surface area contributed by atoms with Crippen molar-refractivity contribution in [2.45, 2.75) is 41.5 Å². The van der Waals surface area contributed by atoms with Gasteiger partial charge in [-0.15, -0.1) is 0 Å². The van der Waals surface area contributed by atoms with Gasteiger partial charge in [-0.3, -0.25) is 0 Å². The van der Waals surface area contributed by atoms with Crippen molar-refractivity contribution in [3.8, 4) is 0 Å². The van der Waals surface area contributed by atoms with Gasteiger partial charge in [-0.1, -0.05) is 47.0 Å². The molecule has 0 aromatic rings. The van der Waals surface area contributed by atoms with E-state index in [1.54, 1.807) is 5.47 Å². The molecule has 2 heteroatoms. The molecule has 1 aliphatic rings. The molecule has 0 atom stereocenters. The molecule has 78 valence electrons. The van der Waals surface area contributed by atoms with Crippen molar-refractivity contribution in [1.82, 2.24) is 0 Å². The van der Waals surface area contributed by atoms with E-state index in [2.05, 4.69) is 46.4 Å². The Hall–Kier alpha value is -0.525.